The van der Waals surface area contributed by atoms with Gasteiger partial charge in [-0.2, -0.15) is 0 Å². The summed E-state index contributed by atoms with van der Waals surface area (Å²) in [5.41, 5.74) is 1.77. The number of hydrogen-bond acceptors (Lipinski definition) is 7. The minimum absolute atomic E-state index is 0.0448. The Morgan fingerprint density at radius 2 is 1.93 bits per heavy atom. The molecule has 0 saturated heterocycles. The van der Waals surface area contributed by atoms with Crippen molar-refractivity contribution in [2.75, 3.05) is 5.32 Å². The van der Waals surface area contributed by atoms with Crippen LogP contribution in [-0.4, -0.2) is 31.3 Å². The average molecular weight is 366 g/mol. The first-order valence-corrected chi connectivity index (χ1v) is 7.81. The highest BCUT2D eigenvalue weighted by atomic mass is 16.6. The van der Waals surface area contributed by atoms with Crippen molar-refractivity contribution in [1.82, 2.24) is 10.2 Å². The van der Waals surface area contributed by atoms with Crippen LogP contribution in [0.5, 0.6) is 5.75 Å². The molecule has 1 heterocycles. The maximum Gasteiger partial charge on any atom is 0.307 e. The maximum atomic E-state index is 10.9. The van der Waals surface area contributed by atoms with Gasteiger partial charge >= 0.3 is 5.97 Å². The number of nitro groups is 1. The van der Waals surface area contributed by atoms with E-state index in [0.29, 0.717) is 28.3 Å². The molecule has 1 aromatic heterocycles. The molecule has 136 valence electrons. The zero-order valence-corrected chi connectivity index (χ0v) is 13.9. The van der Waals surface area contributed by atoms with Crippen LogP contribution < -0.4 is 5.32 Å². The molecule has 3 rings (SSSR count). The molecule has 0 atom stereocenters. The highest BCUT2D eigenvalue weighted by Gasteiger charge is 2.10. The van der Waals surface area contributed by atoms with E-state index in [2.05, 4.69) is 15.5 Å². The second kappa shape index (κ2) is 7.48. The third-order valence-corrected chi connectivity index (χ3v) is 3.70. The Morgan fingerprint density at radius 1 is 1.11 bits per heavy atom. The molecular weight excluding hydrogens is 352 g/mol. The third-order valence-electron chi connectivity index (χ3n) is 3.70. The molecule has 27 heavy (non-hydrogen) atoms. The Hall–Kier alpha value is -4.01. The van der Waals surface area contributed by atoms with Crippen LogP contribution in [0.3, 0.4) is 0 Å². The lowest BCUT2D eigenvalue weighted by Gasteiger charge is -2.09. The number of aromatic hydroxyl groups is 1. The van der Waals surface area contributed by atoms with E-state index < -0.39 is 10.9 Å². The van der Waals surface area contributed by atoms with Crippen molar-refractivity contribution in [1.29, 1.82) is 0 Å². The summed E-state index contributed by atoms with van der Waals surface area (Å²) in [7, 11) is 0. The topological polar surface area (TPSA) is 138 Å². The van der Waals surface area contributed by atoms with Crippen LogP contribution in [0.4, 0.5) is 17.2 Å². The summed E-state index contributed by atoms with van der Waals surface area (Å²) in [5.74, 6) is -0.714. The van der Waals surface area contributed by atoms with Crippen LogP contribution in [0.2, 0.25) is 0 Å². The van der Waals surface area contributed by atoms with E-state index in [-0.39, 0.29) is 17.9 Å². The Balaban J connectivity index is 1.81. The van der Waals surface area contributed by atoms with Gasteiger partial charge in [0.25, 0.3) is 5.69 Å². The fraction of sp³-hybridized carbons (Fsp3) is 0.0556. The van der Waals surface area contributed by atoms with Crippen LogP contribution >= 0.6 is 0 Å². The highest BCUT2D eigenvalue weighted by Crippen LogP contribution is 2.28. The number of phenolic OH excluding ortho intramolecular Hbond substituents is 1. The summed E-state index contributed by atoms with van der Waals surface area (Å²) in [6.07, 6.45) is -0.174. The Labute approximate surface area is 153 Å². The fourth-order valence-corrected chi connectivity index (χ4v) is 2.44. The van der Waals surface area contributed by atoms with E-state index in [1.54, 1.807) is 24.3 Å². The molecule has 0 radical (unpaired) electrons. The van der Waals surface area contributed by atoms with Crippen LogP contribution in [-0.2, 0) is 11.2 Å². The predicted molar refractivity (Wildman–Crippen MR) is 96.9 cm³/mol. The second-order valence-electron chi connectivity index (χ2n) is 5.66. The summed E-state index contributed by atoms with van der Waals surface area (Å²) >= 11 is 0. The minimum atomic E-state index is -0.979. The van der Waals surface area contributed by atoms with Crippen LogP contribution in [0, 0.1) is 10.1 Å². The van der Waals surface area contributed by atoms with E-state index in [1.807, 2.05) is 0 Å². The van der Waals surface area contributed by atoms with Gasteiger partial charge in [-0.15, -0.1) is 10.2 Å². The Morgan fingerprint density at radius 3 is 2.59 bits per heavy atom. The number of aliphatic carboxylic acids is 1. The summed E-state index contributed by atoms with van der Waals surface area (Å²) in [6.45, 7) is 0. The lowest BCUT2D eigenvalue weighted by Crippen LogP contribution is -2.01. The fourth-order valence-electron chi connectivity index (χ4n) is 2.44. The minimum Gasteiger partial charge on any atom is -0.506 e. The number of phenols is 1. The molecule has 0 amide bonds. The number of carboxylic acids is 1. The van der Waals surface area contributed by atoms with Gasteiger partial charge in [-0.1, -0.05) is 18.2 Å². The molecule has 0 unspecified atom stereocenters. The number of rotatable bonds is 6. The first kappa shape index (κ1) is 17.8. The number of hydrogen-bond donors (Lipinski definition) is 3. The van der Waals surface area contributed by atoms with Gasteiger partial charge in [-0.05, 0) is 29.8 Å². The van der Waals surface area contributed by atoms with E-state index in [9.17, 15) is 20.0 Å². The van der Waals surface area contributed by atoms with Gasteiger partial charge in [0.15, 0.2) is 5.82 Å². The summed E-state index contributed by atoms with van der Waals surface area (Å²) in [4.78, 5) is 21.2. The summed E-state index contributed by atoms with van der Waals surface area (Å²) in [6, 6.07) is 13.7. The molecule has 0 spiro atoms. The van der Waals surface area contributed by atoms with Crippen molar-refractivity contribution < 1.29 is 19.9 Å². The van der Waals surface area contributed by atoms with Gasteiger partial charge in [0.05, 0.1) is 22.7 Å². The van der Waals surface area contributed by atoms with Crippen molar-refractivity contribution >= 4 is 23.2 Å². The van der Waals surface area contributed by atoms with Crippen molar-refractivity contribution in [3.63, 3.8) is 0 Å². The average Bonchev–Trinajstić information content (AvgIpc) is 2.65. The van der Waals surface area contributed by atoms with E-state index in [0.717, 1.165) is 0 Å². The number of non-ortho nitro benzene ring substituents is 1. The molecular formula is C18H14N4O5. The molecule has 0 bridgehead atoms. The first-order chi connectivity index (χ1) is 12.9. The largest absolute Gasteiger partial charge is 0.506 e. The quantitative estimate of drug-likeness (QED) is 0.343. The monoisotopic (exact) mass is 366 g/mol. The molecule has 0 saturated carbocycles. The molecule has 2 aromatic carbocycles. The van der Waals surface area contributed by atoms with Gasteiger partial charge in [-0.3, -0.25) is 14.9 Å². The molecule has 0 aliphatic heterocycles. The molecule has 3 aromatic rings. The standard InChI is InChI=1S/C18H14N4O5/c23-16-6-4-11(9-18(24)25)8-15(16)19-17-7-5-14(20-21-17)12-2-1-3-13(10-12)22(26)27/h1-8,10,23H,9H2,(H,19,21)(H,24,25). The van der Waals surface area contributed by atoms with E-state index in [1.165, 1.54) is 30.3 Å². The number of anilines is 2. The highest BCUT2D eigenvalue weighted by molar-refractivity contribution is 5.73. The van der Waals surface area contributed by atoms with Crippen molar-refractivity contribution in [3.05, 3.63) is 70.3 Å². The third kappa shape index (κ3) is 4.34. The van der Waals surface area contributed by atoms with E-state index >= 15 is 0 Å². The lowest BCUT2D eigenvalue weighted by atomic mass is 10.1. The normalized spacial score (nSPS) is 10.4. The van der Waals surface area contributed by atoms with Crippen molar-refractivity contribution in [2.45, 2.75) is 6.42 Å². The lowest BCUT2D eigenvalue weighted by molar-refractivity contribution is -0.384. The van der Waals surface area contributed by atoms with Crippen molar-refractivity contribution in [2.24, 2.45) is 0 Å². The first-order valence-electron chi connectivity index (χ1n) is 7.81. The number of nitrogens with one attached hydrogen (secondary N) is 1. The number of carboxylic acid groups (broad SMARTS) is 1. The van der Waals surface area contributed by atoms with Gasteiger partial charge < -0.3 is 15.5 Å². The molecule has 9 nitrogen and oxygen atoms in total. The SMILES string of the molecule is O=C(O)Cc1ccc(O)c(Nc2ccc(-c3cccc([N+](=O)[O-])c3)nn2)c1. The van der Waals surface area contributed by atoms with Gasteiger partial charge in [-0.25, -0.2) is 0 Å². The Bertz CT molecular complexity index is 1000. The summed E-state index contributed by atoms with van der Waals surface area (Å²) < 4.78 is 0. The number of benzene rings is 2. The van der Waals surface area contributed by atoms with Gasteiger partial charge in [0, 0.05) is 17.7 Å². The summed E-state index contributed by atoms with van der Waals surface area (Å²) in [5, 5.41) is 40.6. The zero-order chi connectivity index (χ0) is 19.4. The molecule has 0 aliphatic rings. The predicted octanol–water partition coefficient (Wildman–Crippen LogP) is 3.13. The van der Waals surface area contributed by atoms with Crippen LogP contribution in [0.25, 0.3) is 11.3 Å². The maximum absolute atomic E-state index is 10.9. The van der Waals surface area contributed by atoms with Crippen LogP contribution in [0.1, 0.15) is 5.56 Å². The number of aromatic nitrogens is 2. The van der Waals surface area contributed by atoms with Crippen LogP contribution in [0.15, 0.2) is 54.6 Å². The zero-order valence-electron chi connectivity index (χ0n) is 13.9. The molecule has 0 fully saturated rings. The number of nitrogens with zero attached hydrogens (tertiary/aromatic N) is 3. The number of nitro benzene ring substituents is 1. The Kier molecular flexibility index (Phi) is 4.93. The van der Waals surface area contributed by atoms with Crippen molar-refractivity contribution in [3.8, 4) is 17.0 Å². The van der Waals surface area contributed by atoms with E-state index in [4.69, 9.17) is 5.11 Å². The smallest absolute Gasteiger partial charge is 0.307 e. The molecule has 0 aliphatic carbocycles. The second-order valence-corrected chi connectivity index (χ2v) is 5.66. The number of carbonyl (C=O) groups is 1. The molecule has 3 N–H and O–H groups in total. The van der Waals surface area contributed by atoms with Gasteiger partial charge in [0.2, 0.25) is 0 Å². The van der Waals surface area contributed by atoms with Gasteiger partial charge in [0.1, 0.15) is 5.75 Å². The molecule has 9 heteroatoms.